The molecule has 0 aliphatic carbocycles. The van der Waals surface area contributed by atoms with Gasteiger partial charge >= 0.3 is 59.1 Å². The Balaban J connectivity index is -0.0000000718. The zero-order valence-corrected chi connectivity index (χ0v) is 16.1. The van der Waals surface area contributed by atoms with Crippen molar-refractivity contribution < 1.29 is 87.4 Å². The first-order valence-electron chi connectivity index (χ1n) is 2.46. The molecule has 0 saturated carbocycles. The number of hydrogen-bond donors (Lipinski definition) is 1. The second kappa shape index (κ2) is 15.2. The SMILES string of the molecule is O=[PH]([O-])O[PH](=O)[O-].OCC(Cl)(Cl)Cl.[Na+].[Na+]. The van der Waals surface area contributed by atoms with Crippen LogP contribution in [-0.4, -0.2) is 15.5 Å². The zero-order valence-electron chi connectivity index (χ0n) is 7.83. The maximum absolute atomic E-state index is 9.29. The average molecular weight is 339 g/mol. The van der Waals surface area contributed by atoms with Gasteiger partial charge in [0.2, 0.25) is 3.79 Å². The van der Waals surface area contributed by atoms with Crippen molar-refractivity contribution in [3.63, 3.8) is 0 Å². The predicted octanol–water partition coefficient (Wildman–Crippen LogP) is -6.14. The molecule has 0 aliphatic rings. The molecule has 0 aliphatic heterocycles. The van der Waals surface area contributed by atoms with Crippen LogP contribution in [0.1, 0.15) is 0 Å². The van der Waals surface area contributed by atoms with E-state index in [1.165, 1.54) is 0 Å². The third-order valence-electron chi connectivity index (χ3n) is 0.346. The van der Waals surface area contributed by atoms with Crippen molar-refractivity contribution in [2.45, 2.75) is 3.79 Å². The van der Waals surface area contributed by atoms with Gasteiger partial charge in [0.05, 0.1) is 6.61 Å². The van der Waals surface area contributed by atoms with Crippen molar-refractivity contribution in [2.75, 3.05) is 6.61 Å². The van der Waals surface area contributed by atoms with Gasteiger partial charge in [0.1, 0.15) is 16.5 Å². The molecule has 0 bridgehead atoms. The Morgan fingerprint density at radius 3 is 1.33 bits per heavy atom. The van der Waals surface area contributed by atoms with Gasteiger partial charge in [-0.15, -0.1) is 0 Å². The van der Waals surface area contributed by atoms with Crippen LogP contribution in [0.5, 0.6) is 0 Å². The molecule has 0 radical (unpaired) electrons. The number of halogens is 3. The molecule has 2 atom stereocenters. The number of aliphatic hydroxyl groups is 1. The van der Waals surface area contributed by atoms with E-state index in [2.05, 4.69) is 4.31 Å². The fourth-order valence-corrected chi connectivity index (χ4v) is 0.612. The minimum Gasteiger partial charge on any atom is -0.781 e. The number of alkyl halides is 3. The molecule has 0 amide bonds. The fraction of sp³-hybridized carbons (Fsp3) is 1.00. The Labute approximate surface area is 147 Å². The van der Waals surface area contributed by atoms with E-state index in [0.717, 1.165) is 0 Å². The summed E-state index contributed by atoms with van der Waals surface area (Å²) < 4.78 is 20.3. The summed E-state index contributed by atoms with van der Waals surface area (Å²) in [6.45, 7) is -0.433. The normalized spacial score (nSPS) is 13.5. The van der Waals surface area contributed by atoms with Gasteiger partial charge in [-0.25, -0.2) is 0 Å². The van der Waals surface area contributed by atoms with Crippen molar-refractivity contribution in [2.24, 2.45) is 0 Å². The first-order chi connectivity index (χ1) is 5.69. The van der Waals surface area contributed by atoms with Crippen LogP contribution in [0.3, 0.4) is 0 Å². The van der Waals surface area contributed by atoms with Crippen molar-refractivity contribution in [3.05, 3.63) is 0 Å². The fourth-order valence-electron chi connectivity index (χ4n) is 0.0680. The van der Waals surface area contributed by atoms with Crippen LogP contribution in [0.15, 0.2) is 0 Å². The molecule has 13 heteroatoms. The van der Waals surface area contributed by atoms with E-state index >= 15 is 0 Å². The molecule has 15 heavy (non-hydrogen) atoms. The molecule has 0 aromatic rings. The van der Waals surface area contributed by atoms with E-state index in [-0.39, 0.29) is 59.1 Å². The second-order valence-electron chi connectivity index (χ2n) is 1.38. The molecule has 6 nitrogen and oxygen atoms in total. The molecule has 0 rings (SSSR count). The summed E-state index contributed by atoms with van der Waals surface area (Å²) >= 11 is 15.0. The van der Waals surface area contributed by atoms with E-state index in [0.29, 0.717) is 0 Å². The molecule has 0 heterocycles. The predicted molar refractivity (Wildman–Crippen MR) is 46.5 cm³/mol. The minimum atomic E-state index is -3.51. The van der Waals surface area contributed by atoms with Crippen LogP contribution in [0.4, 0.5) is 0 Å². The van der Waals surface area contributed by atoms with Gasteiger partial charge in [0.25, 0.3) is 0 Å². The summed E-state index contributed by atoms with van der Waals surface area (Å²) in [7, 11) is -7.03. The van der Waals surface area contributed by atoms with Gasteiger partial charge in [-0.2, -0.15) is 0 Å². The molecular formula is C2H5Cl3Na2O6P2. The van der Waals surface area contributed by atoms with Crippen LogP contribution < -0.4 is 68.9 Å². The van der Waals surface area contributed by atoms with Crippen molar-refractivity contribution >= 4 is 51.3 Å². The molecule has 0 fully saturated rings. The molecule has 2 unspecified atom stereocenters. The second-order valence-corrected chi connectivity index (χ2v) is 5.71. The third kappa shape index (κ3) is 38.2. The summed E-state index contributed by atoms with van der Waals surface area (Å²) in [4.78, 5) is 18.6. The Hall–Kier alpha value is 3.17. The standard InChI is InChI=1S/C2H3Cl3O.2Na.H4O5P2/c3-2(4,5)1-6;;;1-6(2)5-7(3)4/h6H,1H2;;;6-7H,(H,1,2)(H,3,4)/q;2*+1;/p-2. The molecule has 1 N–H and O–H groups in total. The van der Waals surface area contributed by atoms with E-state index in [1.54, 1.807) is 0 Å². The third-order valence-corrected chi connectivity index (χ3v) is 2.04. The summed E-state index contributed by atoms with van der Waals surface area (Å²) in [6, 6.07) is 0. The van der Waals surface area contributed by atoms with E-state index < -0.39 is 26.9 Å². The van der Waals surface area contributed by atoms with Gasteiger partial charge in [0.15, 0.2) is 0 Å². The van der Waals surface area contributed by atoms with E-state index in [4.69, 9.17) is 39.9 Å². The summed E-state index contributed by atoms with van der Waals surface area (Å²) in [5.41, 5.74) is 0. The topological polar surface area (TPSA) is 110 Å². The summed E-state index contributed by atoms with van der Waals surface area (Å²) in [6.07, 6.45) is 0. The van der Waals surface area contributed by atoms with Crippen LogP contribution in [0.2, 0.25) is 0 Å². The van der Waals surface area contributed by atoms with E-state index in [9.17, 15) is 18.9 Å². The van der Waals surface area contributed by atoms with Crippen molar-refractivity contribution in [3.8, 4) is 0 Å². The van der Waals surface area contributed by atoms with Gasteiger partial charge in [-0.3, -0.25) is 4.31 Å². The monoisotopic (exact) mass is 338 g/mol. The minimum absolute atomic E-state index is 0. The van der Waals surface area contributed by atoms with Crippen molar-refractivity contribution in [1.82, 2.24) is 0 Å². The van der Waals surface area contributed by atoms with Gasteiger partial charge in [-0.05, 0) is 0 Å². The molecule has 82 valence electrons. The Morgan fingerprint density at radius 1 is 1.13 bits per heavy atom. The maximum Gasteiger partial charge on any atom is 1.00 e. The number of rotatable bonds is 2. The van der Waals surface area contributed by atoms with Crippen LogP contribution in [-0.2, 0) is 13.4 Å². The maximum atomic E-state index is 9.29. The number of aliphatic hydroxyl groups excluding tert-OH is 1. The first kappa shape index (κ1) is 26.7. The van der Waals surface area contributed by atoms with Gasteiger partial charge in [0, 0.05) is 0 Å². The molecule has 0 saturated heterocycles. The molecule has 0 aromatic heterocycles. The van der Waals surface area contributed by atoms with Gasteiger partial charge < -0.3 is 24.0 Å². The zero-order chi connectivity index (χ0) is 11.1. The average Bonchev–Trinajstić information content (AvgIpc) is 1.84. The van der Waals surface area contributed by atoms with Crippen molar-refractivity contribution in [1.29, 1.82) is 0 Å². The largest absolute Gasteiger partial charge is 1.00 e. The quantitative estimate of drug-likeness (QED) is 0.305. The first-order valence-corrected chi connectivity index (χ1v) is 6.04. The van der Waals surface area contributed by atoms with Crippen LogP contribution in [0, 0.1) is 0 Å². The molecule has 0 spiro atoms. The van der Waals surface area contributed by atoms with E-state index in [1.807, 2.05) is 0 Å². The van der Waals surface area contributed by atoms with Crippen LogP contribution in [0.25, 0.3) is 0 Å². The smallest absolute Gasteiger partial charge is 0.781 e. The molecular weight excluding hydrogens is 334 g/mol. The molecule has 0 aromatic carbocycles. The Morgan fingerprint density at radius 2 is 1.33 bits per heavy atom. The summed E-state index contributed by atoms with van der Waals surface area (Å²) in [5, 5.41) is 8.01. The number of hydrogen-bond acceptors (Lipinski definition) is 6. The van der Waals surface area contributed by atoms with Crippen LogP contribution >= 0.6 is 51.3 Å². The Kier molecular flexibility index (Phi) is 27.1. The Bertz CT molecular complexity index is 176. The van der Waals surface area contributed by atoms with Gasteiger partial charge in [-0.1, -0.05) is 34.8 Å². The summed E-state index contributed by atoms with van der Waals surface area (Å²) in [5.74, 6) is 0.